The fourth-order valence-electron chi connectivity index (χ4n) is 1.65. The second-order valence-electron chi connectivity index (χ2n) is 4.32. The Morgan fingerprint density at radius 1 is 1.47 bits per heavy atom. The van der Waals surface area contributed by atoms with Crippen molar-refractivity contribution < 1.29 is 9.53 Å². The molecule has 1 amide bonds. The van der Waals surface area contributed by atoms with E-state index in [9.17, 15) is 4.79 Å². The lowest BCUT2D eigenvalue weighted by atomic mass is 10.2. The fourth-order valence-corrected chi connectivity index (χ4v) is 1.65. The molecule has 0 aliphatic heterocycles. The first-order valence-corrected chi connectivity index (χ1v) is 5.67. The Hall–Kier alpha value is -1.78. The van der Waals surface area contributed by atoms with Crippen LogP contribution in [0.3, 0.4) is 0 Å². The van der Waals surface area contributed by atoms with Crippen molar-refractivity contribution in [3.8, 4) is 5.75 Å². The van der Waals surface area contributed by atoms with Gasteiger partial charge in [-0.1, -0.05) is 0 Å². The summed E-state index contributed by atoms with van der Waals surface area (Å²) in [5, 5.41) is 2.61. The standard InChI is InChI=1S/C12H17N3O2/c1-13-12(16)9-6-14-7-10(11(9)15(2)3)17-8-4-5-8/h6-8H,4-5H2,1-3H3,(H,13,16). The third-order valence-electron chi connectivity index (χ3n) is 2.62. The third kappa shape index (κ3) is 2.49. The molecule has 0 atom stereocenters. The van der Waals surface area contributed by atoms with E-state index in [4.69, 9.17) is 4.74 Å². The minimum absolute atomic E-state index is 0.151. The topological polar surface area (TPSA) is 54.5 Å². The molecular weight excluding hydrogens is 218 g/mol. The summed E-state index contributed by atoms with van der Waals surface area (Å²) in [6.07, 6.45) is 5.68. The molecule has 17 heavy (non-hydrogen) atoms. The first-order valence-electron chi connectivity index (χ1n) is 5.67. The number of rotatable bonds is 4. The van der Waals surface area contributed by atoms with E-state index in [1.54, 1.807) is 19.4 Å². The molecule has 1 aromatic heterocycles. The van der Waals surface area contributed by atoms with Crippen LogP contribution in [0.25, 0.3) is 0 Å². The Morgan fingerprint density at radius 2 is 2.18 bits per heavy atom. The van der Waals surface area contributed by atoms with Crippen molar-refractivity contribution in [2.24, 2.45) is 0 Å². The van der Waals surface area contributed by atoms with E-state index < -0.39 is 0 Å². The summed E-state index contributed by atoms with van der Waals surface area (Å²) in [5.74, 6) is 0.529. The summed E-state index contributed by atoms with van der Waals surface area (Å²) in [5.41, 5.74) is 1.32. The molecule has 1 heterocycles. The smallest absolute Gasteiger partial charge is 0.254 e. The number of nitrogens with zero attached hydrogens (tertiary/aromatic N) is 2. The van der Waals surface area contributed by atoms with Crippen LogP contribution in [0.1, 0.15) is 23.2 Å². The van der Waals surface area contributed by atoms with Gasteiger partial charge in [0.15, 0.2) is 5.75 Å². The van der Waals surface area contributed by atoms with Gasteiger partial charge < -0.3 is 15.0 Å². The Kier molecular flexibility index (Phi) is 3.17. The minimum Gasteiger partial charge on any atom is -0.487 e. The predicted molar refractivity (Wildman–Crippen MR) is 65.6 cm³/mol. The van der Waals surface area contributed by atoms with Crippen molar-refractivity contribution in [2.45, 2.75) is 18.9 Å². The summed E-state index contributed by atoms with van der Waals surface area (Å²) in [6, 6.07) is 0. The van der Waals surface area contributed by atoms with Gasteiger partial charge in [-0.15, -0.1) is 0 Å². The van der Waals surface area contributed by atoms with Gasteiger partial charge in [0, 0.05) is 27.3 Å². The van der Waals surface area contributed by atoms with E-state index in [0.717, 1.165) is 18.5 Å². The molecule has 0 radical (unpaired) electrons. The molecule has 2 rings (SSSR count). The SMILES string of the molecule is CNC(=O)c1cncc(OC2CC2)c1N(C)C. The molecule has 0 bridgehead atoms. The molecule has 0 aromatic carbocycles. The van der Waals surface area contributed by atoms with Crippen LogP contribution in [0, 0.1) is 0 Å². The molecule has 0 saturated heterocycles. The number of anilines is 1. The molecule has 1 saturated carbocycles. The molecule has 5 heteroatoms. The molecule has 1 N–H and O–H groups in total. The Balaban J connectivity index is 2.39. The second kappa shape index (κ2) is 4.61. The maximum atomic E-state index is 11.8. The van der Waals surface area contributed by atoms with E-state index in [1.165, 1.54) is 0 Å². The summed E-state index contributed by atoms with van der Waals surface area (Å²) >= 11 is 0. The zero-order chi connectivity index (χ0) is 12.4. The number of hydrogen-bond acceptors (Lipinski definition) is 4. The lowest BCUT2D eigenvalue weighted by Gasteiger charge is -2.20. The van der Waals surface area contributed by atoms with Crippen LogP contribution in [0.4, 0.5) is 5.69 Å². The number of carbonyl (C=O) groups is 1. The van der Waals surface area contributed by atoms with Gasteiger partial charge in [0.25, 0.3) is 5.91 Å². The maximum Gasteiger partial charge on any atom is 0.254 e. The Labute approximate surface area is 101 Å². The second-order valence-corrected chi connectivity index (χ2v) is 4.32. The van der Waals surface area contributed by atoms with Crippen LogP contribution in [-0.4, -0.2) is 38.1 Å². The number of hydrogen-bond donors (Lipinski definition) is 1. The van der Waals surface area contributed by atoms with Crippen molar-refractivity contribution in [1.82, 2.24) is 10.3 Å². The largest absolute Gasteiger partial charge is 0.487 e. The highest BCUT2D eigenvalue weighted by Gasteiger charge is 2.26. The number of amides is 1. The quantitative estimate of drug-likeness (QED) is 0.847. The molecule has 0 spiro atoms. The molecule has 5 nitrogen and oxygen atoms in total. The Morgan fingerprint density at radius 3 is 2.71 bits per heavy atom. The van der Waals surface area contributed by atoms with Gasteiger partial charge in [-0.25, -0.2) is 0 Å². The average molecular weight is 235 g/mol. The number of aromatic nitrogens is 1. The number of carbonyl (C=O) groups excluding carboxylic acids is 1. The van der Waals surface area contributed by atoms with Gasteiger partial charge in [-0.2, -0.15) is 0 Å². The Bertz CT molecular complexity index is 428. The van der Waals surface area contributed by atoms with Crippen LogP contribution in [-0.2, 0) is 0 Å². The highest BCUT2D eigenvalue weighted by molar-refractivity contribution is 6.00. The highest BCUT2D eigenvalue weighted by Crippen LogP contribution is 2.34. The van der Waals surface area contributed by atoms with Crippen molar-refractivity contribution in [3.63, 3.8) is 0 Å². The number of pyridine rings is 1. The predicted octanol–water partition coefficient (Wildman–Crippen LogP) is 1.05. The van der Waals surface area contributed by atoms with E-state index in [0.29, 0.717) is 11.3 Å². The highest BCUT2D eigenvalue weighted by atomic mass is 16.5. The van der Waals surface area contributed by atoms with Crippen molar-refractivity contribution >= 4 is 11.6 Å². The average Bonchev–Trinajstić information content (AvgIpc) is 3.11. The van der Waals surface area contributed by atoms with Gasteiger partial charge in [-0.05, 0) is 12.8 Å². The monoisotopic (exact) mass is 235 g/mol. The van der Waals surface area contributed by atoms with Crippen LogP contribution in [0.15, 0.2) is 12.4 Å². The van der Waals surface area contributed by atoms with Gasteiger partial charge in [-0.3, -0.25) is 9.78 Å². The zero-order valence-corrected chi connectivity index (χ0v) is 10.4. The molecule has 1 aliphatic carbocycles. The van der Waals surface area contributed by atoms with Gasteiger partial charge in [0.05, 0.1) is 23.6 Å². The normalized spacial score (nSPS) is 14.3. The van der Waals surface area contributed by atoms with Crippen LogP contribution in [0.2, 0.25) is 0 Å². The maximum absolute atomic E-state index is 11.8. The lowest BCUT2D eigenvalue weighted by Crippen LogP contribution is -2.23. The van der Waals surface area contributed by atoms with Gasteiger partial charge >= 0.3 is 0 Å². The zero-order valence-electron chi connectivity index (χ0n) is 10.4. The molecule has 0 unspecified atom stereocenters. The number of ether oxygens (including phenoxy) is 1. The first kappa shape index (κ1) is 11.7. The van der Waals surface area contributed by atoms with Gasteiger partial charge in [0.2, 0.25) is 0 Å². The third-order valence-corrected chi connectivity index (χ3v) is 2.62. The molecule has 1 fully saturated rings. The minimum atomic E-state index is -0.151. The summed E-state index contributed by atoms with van der Waals surface area (Å²) in [4.78, 5) is 17.7. The van der Waals surface area contributed by atoms with Crippen LogP contribution < -0.4 is 15.0 Å². The van der Waals surface area contributed by atoms with Crippen molar-refractivity contribution in [3.05, 3.63) is 18.0 Å². The number of nitrogens with one attached hydrogen (secondary N) is 1. The summed E-state index contributed by atoms with van der Waals surface area (Å²) < 4.78 is 5.77. The molecule has 1 aliphatic rings. The summed E-state index contributed by atoms with van der Waals surface area (Å²) in [7, 11) is 5.39. The fraction of sp³-hybridized carbons (Fsp3) is 0.500. The summed E-state index contributed by atoms with van der Waals surface area (Å²) in [6.45, 7) is 0. The molecule has 92 valence electrons. The lowest BCUT2D eigenvalue weighted by molar-refractivity contribution is 0.0962. The van der Waals surface area contributed by atoms with E-state index in [2.05, 4.69) is 10.3 Å². The van der Waals surface area contributed by atoms with Crippen molar-refractivity contribution in [2.75, 3.05) is 26.0 Å². The van der Waals surface area contributed by atoms with Crippen LogP contribution >= 0.6 is 0 Å². The van der Waals surface area contributed by atoms with Crippen LogP contribution in [0.5, 0.6) is 5.75 Å². The van der Waals surface area contributed by atoms with Crippen molar-refractivity contribution in [1.29, 1.82) is 0 Å². The van der Waals surface area contributed by atoms with E-state index in [-0.39, 0.29) is 12.0 Å². The van der Waals surface area contributed by atoms with Gasteiger partial charge in [0.1, 0.15) is 0 Å². The van der Waals surface area contributed by atoms with E-state index >= 15 is 0 Å². The van der Waals surface area contributed by atoms with E-state index in [1.807, 2.05) is 19.0 Å². The molecular formula is C12H17N3O2. The first-order chi connectivity index (χ1) is 8.13. The molecule has 1 aromatic rings.